The molecule has 1 N–H and O–H groups in total. The zero-order valence-electron chi connectivity index (χ0n) is 22.4. The number of carbonyl (C=O) groups is 3. The summed E-state index contributed by atoms with van der Waals surface area (Å²) in [6, 6.07) is -1.04. The van der Waals surface area contributed by atoms with Crippen LogP contribution in [0, 0.1) is 23.7 Å². The summed E-state index contributed by atoms with van der Waals surface area (Å²) in [5.74, 6) is -1.55. The standard InChI is InChI=1S/C28H44N2O5S/c1-6-14-29(19-12-10-9-11-13-19)26(33)24-28-18(5)15-21(36-28)22(27(34)35-8-3)23(28)25(32)30(24)20(16-31)17(4)7-2/h6,17-24,31H,1,7-16H2,2-5H3/t17-,18?,20-,21+,22-,23-,24?,28?/m0/s1. The van der Waals surface area contributed by atoms with Crippen LogP contribution >= 0.6 is 11.8 Å². The van der Waals surface area contributed by atoms with Crippen LogP contribution in [0.15, 0.2) is 12.7 Å². The molecule has 202 valence electrons. The highest BCUT2D eigenvalue weighted by molar-refractivity contribution is 8.02. The van der Waals surface area contributed by atoms with E-state index in [0.29, 0.717) is 6.54 Å². The number of esters is 1. The Kier molecular flexibility index (Phi) is 8.45. The molecule has 2 amide bonds. The van der Waals surface area contributed by atoms with Gasteiger partial charge in [-0.1, -0.05) is 52.5 Å². The molecule has 3 unspecified atom stereocenters. The molecule has 0 aromatic rings. The van der Waals surface area contributed by atoms with E-state index in [-0.39, 0.29) is 54.1 Å². The van der Waals surface area contributed by atoms with Gasteiger partial charge in [0.15, 0.2) is 0 Å². The number of hydrogen-bond acceptors (Lipinski definition) is 6. The lowest BCUT2D eigenvalue weighted by molar-refractivity contribution is -0.154. The Bertz CT molecular complexity index is 861. The van der Waals surface area contributed by atoms with Crippen molar-refractivity contribution >= 4 is 29.5 Å². The maximum absolute atomic E-state index is 14.7. The SMILES string of the molecule is C=CCN(C(=O)C1N([C@@H](CO)[C@@H](C)CC)C(=O)[C@@H]2[C@@H](C(=O)OCC)[C@H]3CC(C)C12S3)C1CCCCC1. The number of hydrogen-bond donors (Lipinski definition) is 1. The molecule has 8 heteroatoms. The minimum absolute atomic E-state index is 0.0190. The molecule has 4 aliphatic rings. The second-order valence-corrected chi connectivity index (χ2v) is 12.8. The number of aliphatic hydroxyl groups is 1. The number of thioether (sulfide) groups is 1. The van der Waals surface area contributed by atoms with Gasteiger partial charge in [-0.15, -0.1) is 18.3 Å². The Balaban J connectivity index is 1.82. The molecule has 0 aromatic heterocycles. The van der Waals surface area contributed by atoms with Crippen LogP contribution in [0.3, 0.4) is 0 Å². The van der Waals surface area contributed by atoms with E-state index in [9.17, 15) is 19.5 Å². The van der Waals surface area contributed by atoms with Crippen LogP contribution in [0.25, 0.3) is 0 Å². The van der Waals surface area contributed by atoms with Gasteiger partial charge in [-0.3, -0.25) is 14.4 Å². The van der Waals surface area contributed by atoms with Gasteiger partial charge in [0.2, 0.25) is 11.8 Å². The molecular weight excluding hydrogens is 476 g/mol. The van der Waals surface area contributed by atoms with Crippen molar-refractivity contribution in [3.05, 3.63) is 12.7 Å². The van der Waals surface area contributed by atoms with E-state index in [1.54, 1.807) is 29.7 Å². The first-order valence-electron chi connectivity index (χ1n) is 14.0. The van der Waals surface area contributed by atoms with Gasteiger partial charge in [-0.05, 0) is 38.0 Å². The first kappa shape index (κ1) is 27.5. The molecule has 36 heavy (non-hydrogen) atoms. The molecule has 1 spiro atoms. The second kappa shape index (κ2) is 11.1. The van der Waals surface area contributed by atoms with Crippen molar-refractivity contribution in [2.24, 2.45) is 23.7 Å². The summed E-state index contributed by atoms with van der Waals surface area (Å²) in [5.41, 5.74) is 0. The van der Waals surface area contributed by atoms with Crippen LogP contribution in [0.5, 0.6) is 0 Å². The normalized spacial score (nSPS) is 35.4. The van der Waals surface area contributed by atoms with Crippen molar-refractivity contribution in [2.75, 3.05) is 19.8 Å². The van der Waals surface area contributed by atoms with Crippen molar-refractivity contribution in [3.63, 3.8) is 0 Å². The minimum atomic E-state index is -0.701. The number of likely N-dealkylation sites (tertiary alicyclic amines) is 1. The van der Waals surface area contributed by atoms with Gasteiger partial charge in [-0.25, -0.2) is 0 Å². The Morgan fingerprint density at radius 3 is 2.58 bits per heavy atom. The maximum Gasteiger partial charge on any atom is 0.310 e. The molecular formula is C28H44N2O5S. The summed E-state index contributed by atoms with van der Waals surface area (Å²) in [5, 5.41) is 10.5. The number of rotatable bonds is 10. The Hall–Kier alpha value is -1.54. The number of fused-ring (bicyclic) bond motifs is 1. The Labute approximate surface area is 220 Å². The van der Waals surface area contributed by atoms with E-state index >= 15 is 0 Å². The highest BCUT2D eigenvalue weighted by Gasteiger charge is 2.77. The predicted octanol–water partition coefficient (Wildman–Crippen LogP) is 3.64. The fourth-order valence-electron chi connectivity index (χ4n) is 7.53. The molecule has 3 heterocycles. The average Bonchev–Trinajstić information content (AvgIpc) is 3.47. The summed E-state index contributed by atoms with van der Waals surface area (Å²) in [7, 11) is 0. The summed E-state index contributed by atoms with van der Waals surface area (Å²) in [6.07, 6.45) is 8.64. The first-order chi connectivity index (χ1) is 17.3. The van der Waals surface area contributed by atoms with Crippen LogP contribution < -0.4 is 0 Å². The lowest BCUT2D eigenvalue weighted by Crippen LogP contribution is -2.61. The van der Waals surface area contributed by atoms with E-state index in [0.717, 1.165) is 38.5 Å². The van der Waals surface area contributed by atoms with Crippen molar-refractivity contribution in [1.82, 2.24) is 9.80 Å². The minimum Gasteiger partial charge on any atom is -0.466 e. The summed E-state index contributed by atoms with van der Waals surface area (Å²) in [4.78, 5) is 45.8. The highest BCUT2D eigenvalue weighted by Crippen LogP contribution is 2.69. The Morgan fingerprint density at radius 1 is 1.31 bits per heavy atom. The molecule has 0 radical (unpaired) electrons. The molecule has 0 aromatic carbocycles. The predicted molar refractivity (Wildman–Crippen MR) is 141 cm³/mol. The fraction of sp³-hybridized carbons (Fsp3) is 0.821. The average molecular weight is 521 g/mol. The van der Waals surface area contributed by atoms with Crippen LogP contribution in [0.4, 0.5) is 0 Å². The summed E-state index contributed by atoms with van der Waals surface area (Å²) >= 11 is 1.67. The fourth-order valence-corrected chi connectivity index (χ4v) is 9.92. The van der Waals surface area contributed by atoms with Crippen LogP contribution in [-0.4, -0.2) is 80.6 Å². The molecule has 7 nitrogen and oxygen atoms in total. The molecule has 4 fully saturated rings. The number of carbonyl (C=O) groups excluding carboxylic acids is 3. The lowest BCUT2D eigenvalue weighted by atomic mass is 9.66. The van der Waals surface area contributed by atoms with Gasteiger partial charge in [0.25, 0.3) is 0 Å². The topological polar surface area (TPSA) is 87.2 Å². The third kappa shape index (κ3) is 4.20. The molecule has 3 saturated heterocycles. The molecule has 1 saturated carbocycles. The van der Waals surface area contributed by atoms with Gasteiger partial charge in [0.05, 0.1) is 35.8 Å². The van der Waals surface area contributed by atoms with E-state index in [1.165, 1.54) is 6.42 Å². The van der Waals surface area contributed by atoms with Crippen molar-refractivity contribution < 1.29 is 24.2 Å². The van der Waals surface area contributed by atoms with E-state index in [1.807, 2.05) is 18.7 Å². The Morgan fingerprint density at radius 2 is 2.00 bits per heavy atom. The van der Waals surface area contributed by atoms with Crippen molar-refractivity contribution in [2.45, 2.75) is 101 Å². The van der Waals surface area contributed by atoms with Crippen LogP contribution in [-0.2, 0) is 19.1 Å². The van der Waals surface area contributed by atoms with Gasteiger partial charge < -0.3 is 19.6 Å². The highest BCUT2D eigenvalue weighted by atomic mass is 32.2. The molecule has 1 aliphatic carbocycles. The van der Waals surface area contributed by atoms with Crippen LogP contribution in [0.2, 0.25) is 0 Å². The quantitative estimate of drug-likeness (QED) is 0.350. The number of aliphatic hydroxyl groups excluding tert-OH is 1. The molecule has 2 bridgehead atoms. The van der Waals surface area contributed by atoms with Crippen molar-refractivity contribution in [3.8, 4) is 0 Å². The number of ether oxygens (including phenoxy) is 1. The van der Waals surface area contributed by atoms with Gasteiger partial charge in [0, 0.05) is 17.8 Å². The largest absolute Gasteiger partial charge is 0.466 e. The summed E-state index contributed by atoms with van der Waals surface area (Å²) in [6.45, 7) is 12.4. The lowest BCUT2D eigenvalue weighted by Gasteiger charge is -2.45. The number of nitrogens with zero attached hydrogens (tertiary/aromatic N) is 2. The van der Waals surface area contributed by atoms with E-state index in [4.69, 9.17) is 4.74 Å². The van der Waals surface area contributed by atoms with E-state index in [2.05, 4.69) is 13.5 Å². The molecule has 4 rings (SSSR count). The smallest absolute Gasteiger partial charge is 0.310 e. The van der Waals surface area contributed by atoms with Gasteiger partial charge in [0.1, 0.15) is 6.04 Å². The molecule has 3 aliphatic heterocycles. The zero-order chi connectivity index (χ0) is 26.2. The third-order valence-electron chi connectivity index (χ3n) is 9.45. The molecule has 8 atom stereocenters. The van der Waals surface area contributed by atoms with Gasteiger partial charge >= 0.3 is 5.97 Å². The second-order valence-electron chi connectivity index (χ2n) is 11.3. The van der Waals surface area contributed by atoms with Crippen LogP contribution in [0.1, 0.15) is 72.6 Å². The van der Waals surface area contributed by atoms with Gasteiger partial charge in [-0.2, -0.15) is 0 Å². The maximum atomic E-state index is 14.7. The summed E-state index contributed by atoms with van der Waals surface area (Å²) < 4.78 is 4.76. The zero-order valence-corrected chi connectivity index (χ0v) is 23.2. The van der Waals surface area contributed by atoms with Crippen molar-refractivity contribution in [1.29, 1.82) is 0 Å². The third-order valence-corrected chi connectivity index (χ3v) is 11.5. The number of amides is 2. The van der Waals surface area contributed by atoms with E-state index < -0.39 is 28.7 Å². The first-order valence-corrected chi connectivity index (χ1v) is 14.8. The monoisotopic (exact) mass is 520 g/mol.